The standard InChI is InChI=1S/C22H22N2O3S/c1-15-8-6-7-9-17(15)12-13-23-19(25)14-27-22(26)20-16(2)24-21(28-20)18-10-4-3-5-11-18/h3-11H,12-14H2,1-2H3,(H,23,25). The summed E-state index contributed by atoms with van der Waals surface area (Å²) in [6, 6.07) is 17.7. The number of aryl methyl sites for hydroxylation is 2. The van der Waals surface area contributed by atoms with E-state index in [1.165, 1.54) is 22.5 Å². The summed E-state index contributed by atoms with van der Waals surface area (Å²) in [4.78, 5) is 29.1. The van der Waals surface area contributed by atoms with Gasteiger partial charge in [-0.25, -0.2) is 9.78 Å². The minimum atomic E-state index is -0.522. The van der Waals surface area contributed by atoms with Crippen LogP contribution < -0.4 is 5.32 Å². The fraction of sp³-hybridized carbons (Fsp3) is 0.227. The molecule has 0 saturated carbocycles. The maximum absolute atomic E-state index is 12.3. The Balaban J connectivity index is 1.49. The van der Waals surface area contributed by atoms with Crippen LogP contribution in [-0.2, 0) is 16.0 Å². The van der Waals surface area contributed by atoms with E-state index in [4.69, 9.17) is 4.74 Å². The van der Waals surface area contributed by atoms with E-state index in [-0.39, 0.29) is 12.5 Å². The number of amides is 1. The van der Waals surface area contributed by atoms with Crippen molar-refractivity contribution in [1.29, 1.82) is 0 Å². The number of carbonyl (C=O) groups is 2. The summed E-state index contributed by atoms with van der Waals surface area (Å²) < 4.78 is 5.17. The molecule has 2 aromatic carbocycles. The Kier molecular flexibility index (Phi) is 6.55. The number of nitrogens with zero attached hydrogens (tertiary/aromatic N) is 1. The largest absolute Gasteiger partial charge is 0.451 e. The first-order chi connectivity index (χ1) is 13.5. The van der Waals surface area contributed by atoms with E-state index in [1.54, 1.807) is 6.92 Å². The zero-order valence-corrected chi connectivity index (χ0v) is 16.7. The zero-order chi connectivity index (χ0) is 19.9. The maximum atomic E-state index is 12.3. The van der Waals surface area contributed by atoms with Gasteiger partial charge in [0.2, 0.25) is 0 Å². The molecule has 144 valence electrons. The lowest BCUT2D eigenvalue weighted by molar-refractivity contribution is -0.124. The van der Waals surface area contributed by atoms with Gasteiger partial charge in [0, 0.05) is 12.1 Å². The molecule has 0 aliphatic rings. The average molecular weight is 394 g/mol. The van der Waals surface area contributed by atoms with Gasteiger partial charge < -0.3 is 10.1 Å². The highest BCUT2D eigenvalue weighted by Crippen LogP contribution is 2.28. The van der Waals surface area contributed by atoms with E-state index in [9.17, 15) is 9.59 Å². The van der Waals surface area contributed by atoms with Crippen molar-refractivity contribution in [2.45, 2.75) is 20.3 Å². The molecule has 1 N–H and O–H groups in total. The highest BCUT2D eigenvalue weighted by atomic mass is 32.1. The molecule has 1 heterocycles. The van der Waals surface area contributed by atoms with Crippen molar-refractivity contribution in [3.63, 3.8) is 0 Å². The summed E-state index contributed by atoms with van der Waals surface area (Å²) in [5.41, 5.74) is 3.93. The van der Waals surface area contributed by atoms with Crippen LogP contribution in [0.1, 0.15) is 26.5 Å². The van der Waals surface area contributed by atoms with Gasteiger partial charge in [0.1, 0.15) is 9.88 Å². The Labute approximate surface area is 168 Å². The predicted octanol–water partition coefficient (Wildman–Crippen LogP) is 3.94. The molecule has 6 heteroatoms. The van der Waals surface area contributed by atoms with Gasteiger partial charge in [0.05, 0.1) is 5.69 Å². The summed E-state index contributed by atoms with van der Waals surface area (Å²) in [5.74, 6) is -0.835. The molecule has 0 bridgehead atoms. The second-order valence-corrected chi connectivity index (χ2v) is 7.40. The lowest BCUT2D eigenvalue weighted by Gasteiger charge is -2.08. The molecule has 3 rings (SSSR count). The molecule has 3 aromatic rings. The second kappa shape index (κ2) is 9.28. The van der Waals surface area contributed by atoms with Crippen LogP contribution in [0.15, 0.2) is 54.6 Å². The number of benzene rings is 2. The number of esters is 1. The van der Waals surface area contributed by atoms with E-state index >= 15 is 0 Å². The number of thiazole rings is 1. The molecule has 0 fully saturated rings. The third-order valence-corrected chi connectivity index (χ3v) is 5.50. The first-order valence-electron chi connectivity index (χ1n) is 9.06. The van der Waals surface area contributed by atoms with Gasteiger partial charge in [-0.05, 0) is 31.4 Å². The zero-order valence-electron chi connectivity index (χ0n) is 15.9. The summed E-state index contributed by atoms with van der Waals surface area (Å²) in [6.45, 7) is 4.01. The SMILES string of the molecule is Cc1ccccc1CCNC(=O)COC(=O)c1sc(-c2ccccc2)nc1C. The van der Waals surface area contributed by atoms with Gasteiger partial charge in [-0.2, -0.15) is 0 Å². The summed E-state index contributed by atoms with van der Waals surface area (Å²) in [5, 5.41) is 3.54. The molecule has 0 spiro atoms. The van der Waals surface area contributed by atoms with Crippen LogP contribution in [0.4, 0.5) is 0 Å². The molecule has 0 aliphatic carbocycles. The highest BCUT2D eigenvalue weighted by molar-refractivity contribution is 7.17. The Hall–Kier alpha value is -2.99. The number of hydrogen-bond acceptors (Lipinski definition) is 5. The fourth-order valence-electron chi connectivity index (χ4n) is 2.76. The molecule has 0 atom stereocenters. The average Bonchev–Trinajstić information content (AvgIpc) is 3.10. The van der Waals surface area contributed by atoms with Gasteiger partial charge >= 0.3 is 5.97 Å². The Bertz CT molecular complexity index is 967. The number of aromatic nitrogens is 1. The van der Waals surface area contributed by atoms with Gasteiger partial charge in [0.15, 0.2) is 6.61 Å². The predicted molar refractivity (Wildman–Crippen MR) is 110 cm³/mol. The fourth-order valence-corrected chi connectivity index (χ4v) is 3.73. The van der Waals surface area contributed by atoms with Crippen LogP contribution in [0.2, 0.25) is 0 Å². The minimum absolute atomic E-state index is 0.301. The summed E-state index contributed by atoms with van der Waals surface area (Å²) in [7, 11) is 0. The lowest BCUT2D eigenvalue weighted by Crippen LogP contribution is -2.30. The topological polar surface area (TPSA) is 68.3 Å². The summed E-state index contributed by atoms with van der Waals surface area (Å²) >= 11 is 1.27. The van der Waals surface area contributed by atoms with E-state index in [0.717, 1.165) is 17.0 Å². The van der Waals surface area contributed by atoms with Crippen molar-refractivity contribution < 1.29 is 14.3 Å². The smallest absolute Gasteiger partial charge is 0.350 e. The lowest BCUT2D eigenvalue weighted by atomic mass is 10.1. The van der Waals surface area contributed by atoms with E-state index in [2.05, 4.69) is 10.3 Å². The van der Waals surface area contributed by atoms with Crippen molar-refractivity contribution in [2.75, 3.05) is 13.2 Å². The van der Waals surface area contributed by atoms with Crippen molar-refractivity contribution in [3.8, 4) is 10.6 Å². The van der Waals surface area contributed by atoms with Crippen molar-refractivity contribution >= 4 is 23.2 Å². The van der Waals surface area contributed by atoms with Crippen molar-refractivity contribution in [2.24, 2.45) is 0 Å². The molecule has 0 unspecified atom stereocenters. The van der Waals surface area contributed by atoms with Crippen LogP contribution >= 0.6 is 11.3 Å². The molecule has 0 radical (unpaired) electrons. The first-order valence-corrected chi connectivity index (χ1v) is 9.87. The molecule has 0 aliphatic heterocycles. The van der Waals surface area contributed by atoms with Crippen LogP contribution in [0, 0.1) is 13.8 Å². The van der Waals surface area contributed by atoms with Gasteiger partial charge in [0.25, 0.3) is 5.91 Å². The Morgan fingerprint density at radius 3 is 2.50 bits per heavy atom. The summed E-state index contributed by atoms with van der Waals surface area (Å²) in [6.07, 6.45) is 0.737. The molecular weight excluding hydrogens is 372 g/mol. The van der Waals surface area contributed by atoms with Gasteiger partial charge in [-0.15, -0.1) is 11.3 Å². The van der Waals surface area contributed by atoms with Crippen LogP contribution in [0.5, 0.6) is 0 Å². The molecular formula is C22H22N2O3S. The van der Waals surface area contributed by atoms with Crippen LogP contribution in [0.3, 0.4) is 0 Å². The Morgan fingerprint density at radius 2 is 1.75 bits per heavy atom. The monoisotopic (exact) mass is 394 g/mol. The van der Waals surface area contributed by atoms with Gasteiger partial charge in [-0.1, -0.05) is 54.6 Å². The molecule has 28 heavy (non-hydrogen) atoms. The number of ether oxygens (including phenoxy) is 1. The van der Waals surface area contributed by atoms with Crippen molar-refractivity contribution in [3.05, 3.63) is 76.3 Å². The van der Waals surface area contributed by atoms with Crippen molar-refractivity contribution in [1.82, 2.24) is 10.3 Å². The molecule has 0 saturated heterocycles. The maximum Gasteiger partial charge on any atom is 0.350 e. The molecule has 1 amide bonds. The Morgan fingerprint density at radius 1 is 1.04 bits per heavy atom. The minimum Gasteiger partial charge on any atom is -0.451 e. The normalized spacial score (nSPS) is 10.5. The quantitative estimate of drug-likeness (QED) is 0.616. The van der Waals surface area contributed by atoms with E-state index < -0.39 is 5.97 Å². The molecule has 5 nitrogen and oxygen atoms in total. The van der Waals surface area contributed by atoms with Crippen LogP contribution in [-0.4, -0.2) is 30.0 Å². The second-order valence-electron chi connectivity index (χ2n) is 6.40. The van der Waals surface area contributed by atoms with E-state index in [0.29, 0.717) is 17.1 Å². The number of nitrogens with one attached hydrogen (secondary N) is 1. The highest BCUT2D eigenvalue weighted by Gasteiger charge is 2.18. The third-order valence-electron chi connectivity index (χ3n) is 4.31. The van der Waals surface area contributed by atoms with Crippen LogP contribution in [0.25, 0.3) is 10.6 Å². The number of hydrogen-bond donors (Lipinski definition) is 1. The number of rotatable bonds is 7. The van der Waals surface area contributed by atoms with E-state index in [1.807, 2.05) is 61.5 Å². The third kappa shape index (κ3) is 5.04. The molecule has 1 aromatic heterocycles. The first kappa shape index (κ1) is 19.8. The van der Waals surface area contributed by atoms with Gasteiger partial charge in [-0.3, -0.25) is 4.79 Å². The number of carbonyl (C=O) groups excluding carboxylic acids is 2.